The van der Waals surface area contributed by atoms with Crippen LogP contribution in [0, 0.1) is 20.8 Å². The molecule has 0 aliphatic carbocycles. The molecule has 0 atom stereocenters. The molecule has 2 aliphatic rings. The Labute approximate surface area is 419 Å². The number of aromatic amines is 1. The van der Waals surface area contributed by atoms with E-state index in [-0.39, 0.29) is 16.5 Å². The van der Waals surface area contributed by atoms with E-state index in [1.54, 1.807) is 29.3 Å². The Bertz CT molecular complexity index is 2950. The van der Waals surface area contributed by atoms with E-state index < -0.39 is 0 Å². The maximum atomic E-state index is 13.8. The predicted octanol–water partition coefficient (Wildman–Crippen LogP) is 10.8. The molecular formula is C48H58Cl3N11O4S2. The topological polar surface area (TPSA) is 183 Å². The fourth-order valence-electron chi connectivity index (χ4n) is 8.12. The molecule has 15 nitrogen and oxygen atoms in total. The summed E-state index contributed by atoms with van der Waals surface area (Å²) >= 11 is 21.5. The molecule has 9 rings (SSSR count). The van der Waals surface area contributed by atoms with Crippen molar-refractivity contribution in [1.82, 2.24) is 39.1 Å². The molecule has 0 saturated carbocycles. The molecule has 2 saturated heterocycles. The van der Waals surface area contributed by atoms with Gasteiger partial charge in [0.1, 0.15) is 20.8 Å². The number of nitrogens with one attached hydrogen (secondary N) is 1. The van der Waals surface area contributed by atoms with Gasteiger partial charge in [0.05, 0.1) is 16.6 Å². The average molecular weight is 1020 g/mol. The highest BCUT2D eigenvalue weighted by atomic mass is 35.5. The van der Waals surface area contributed by atoms with Crippen LogP contribution in [0.3, 0.4) is 0 Å². The van der Waals surface area contributed by atoms with Crippen LogP contribution in [-0.2, 0) is 20.6 Å². The zero-order valence-electron chi connectivity index (χ0n) is 39.4. The number of anilines is 2. The Morgan fingerprint density at radius 2 is 1.32 bits per heavy atom. The fraction of sp³-hybridized carbons (Fsp3) is 0.417. The van der Waals surface area contributed by atoms with Gasteiger partial charge in [0.25, 0.3) is 11.1 Å². The third-order valence-electron chi connectivity index (χ3n) is 12.8. The molecule has 4 aromatic heterocycles. The smallest absolute Gasteiger partial charge is 0.267 e. The first-order valence-electron chi connectivity index (χ1n) is 22.6. The van der Waals surface area contributed by atoms with Gasteiger partial charge in [-0.1, -0.05) is 142 Å². The summed E-state index contributed by atoms with van der Waals surface area (Å²) in [5.41, 5.74) is 8.37. The Hall–Kier alpha value is -4.91. The van der Waals surface area contributed by atoms with E-state index in [0.717, 1.165) is 73.6 Å². The lowest BCUT2D eigenvalue weighted by molar-refractivity contribution is 0.236. The van der Waals surface area contributed by atoms with Crippen molar-refractivity contribution >= 4 is 92.3 Å². The summed E-state index contributed by atoms with van der Waals surface area (Å²) in [6.45, 7) is 15.4. The first-order valence-corrected chi connectivity index (χ1v) is 25.3. The second-order valence-electron chi connectivity index (χ2n) is 17.3. The molecule has 3 aromatic carbocycles. The minimum atomic E-state index is -0.112. The van der Waals surface area contributed by atoms with Gasteiger partial charge in [0.15, 0.2) is 11.3 Å². The molecule has 0 amide bonds. The van der Waals surface area contributed by atoms with Crippen LogP contribution in [0.2, 0.25) is 15.1 Å². The van der Waals surface area contributed by atoms with E-state index in [4.69, 9.17) is 65.5 Å². The Morgan fingerprint density at radius 3 is 1.93 bits per heavy atom. The number of rotatable bonds is 10. The lowest BCUT2D eigenvalue weighted by atomic mass is 9.78. The SMILES string of the molecule is CC.CCC1(C)CCN(c2nc3c(c(Sc4cccc(Cl)c4Cl)nn3Cc3ccccc3)c(=O)n2C)CC1.Cn1c(N2CCC(C)(CN)CC2)nc2[nH]nc(Sc3cccc(Cl)c3)c2c1=O.O=O. The van der Waals surface area contributed by atoms with Gasteiger partial charge in [0, 0.05) is 65.0 Å². The number of benzene rings is 3. The molecule has 0 spiro atoms. The molecule has 0 unspecified atom stereocenters. The maximum absolute atomic E-state index is 13.8. The molecule has 2 fully saturated rings. The van der Waals surface area contributed by atoms with Gasteiger partial charge in [-0.05, 0) is 79.0 Å². The van der Waals surface area contributed by atoms with Crippen molar-refractivity contribution in [3.05, 3.63) is 124 Å². The monoisotopic (exact) mass is 1020 g/mol. The first kappa shape index (κ1) is 52.5. The number of hydrogen-bond acceptors (Lipinski definition) is 13. The Kier molecular flexibility index (Phi) is 17.8. The summed E-state index contributed by atoms with van der Waals surface area (Å²) < 4.78 is 5.11. The van der Waals surface area contributed by atoms with Crippen LogP contribution < -0.4 is 26.7 Å². The average Bonchev–Trinajstić information content (AvgIpc) is 3.92. The molecule has 2 aliphatic heterocycles. The van der Waals surface area contributed by atoms with Crippen molar-refractivity contribution in [1.29, 1.82) is 0 Å². The fourth-order valence-corrected chi connectivity index (χ4v) is 10.8. The lowest BCUT2D eigenvalue weighted by Crippen LogP contribution is -2.44. The van der Waals surface area contributed by atoms with Crippen LogP contribution in [-0.4, -0.2) is 71.8 Å². The molecular weight excluding hydrogens is 965 g/mol. The normalized spacial score (nSPS) is 15.2. The number of piperidine rings is 2. The number of H-pyrrole nitrogens is 1. The van der Waals surface area contributed by atoms with E-state index >= 15 is 0 Å². The number of nitrogens with zero attached hydrogens (tertiary/aromatic N) is 9. The van der Waals surface area contributed by atoms with Gasteiger partial charge in [-0.2, -0.15) is 20.2 Å². The van der Waals surface area contributed by atoms with Gasteiger partial charge in [-0.3, -0.25) is 23.8 Å². The van der Waals surface area contributed by atoms with Crippen molar-refractivity contribution in [2.75, 3.05) is 42.5 Å². The first-order chi connectivity index (χ1) is 32.7. The molecule has 68 heavy (non-hydrogen) atoms. The zero-order valence-corrected chi connectivity index (χ0v) is 43.3. The number of hydrogen-bond donors (Lipinski definition) is 2. The molecule has 362 valence electrons. The number of halogens is 3. The molecule has 6 heterocycles. The van der Waals surface area contributed by atoms with E-state index in [1.165, 1.54) is 23.5 Å². The second kappa shape index (κ2) is 23.1. The van der Waals surface area contributed by atoms with Gasteiger partial charge >= 0.3 is 0 Å². The summed E-state index contributed by atoms with van der Waals surface area (Å²) in [4.78, 5) is 56.7. The summed E-state index contributed by atoms with van der Waals surface area (Å²) in [5, 5.41) is 15.8. The van der Waals surface area contributed by atoms with Crippen molar-refractivity contribution < 1.29 is 0 Å². The molecule has 20 heteroatoms. The van der Waals surface area contributed by atoms with Crippen molar-refractivity contribution in [2.24, 2.45) is 30.7 Å². The van der Waals surface area contributed by atoms with Crippen LogP contribution in [0.5, 0.6) is 0 Å². The van der Waals surface area contributed by atoms with E-state index in [0.29, 0.717) is 77.6 Å². The quantitative estimate of drug-likeness (QED) is 0.132. The van der Waals surface area contributed by atoms with Crippen LogP contribution in [0.1, 0.15) is 72.3 Å². The van der Waals surface area contributed by atoms with E-state index in [2.05, 4.69) is 40.8 Å². The highest BCUT2D eigenvalue weighted by Crippen LogP contribution is 2.40. The van der Waals surface area contributed by atoms with E-state index in [9.17, 15) is 9.59 Å². The van der Waals surface area contributed by atoms with Gasteiger partial charge < -0.3 is 15.5 Å². The Balaban J connectivity index is 0.000000214. The maximum Gasteiger partial charge on any atom is 0.267 e. The van der Waals surface area contributed by atoms with Crippen LogP contribution in [0.25, 0.3) is 22.1 Å². The predicted molar refractivity (Wildman–Crippen MR) is 280 cm³/mol. The summed E-state index contributed by atoms with van der Waals surface area (Å²) in [5.74, 6) is 1.36. The largest absolute Gasteiger partial charge is 0.342 e. The third-order valence-corrected chi connectivity index (χ3v) is 16.0. The van der Waals surface area contributed by atoms with Gasteiger partial charge in [0.2, 0.25) is 11.9 Å². The minimum absolute atomic E-state index is 0.106. The van der Waals surface area contributed by atoms with Crippen LogP contribution in [0.4, 0.5) is 11.9 Å². The van der Waals surface area contributed by atoms with Crippen molar-refractivity contribution in [3.63, 3.8) is 0 Å². The zero-order chi connectivity index (χ0) is 49.3. The van der Waals surface area contributed by atoms with Gasteiger partial charge in [-0.25, -0.2) is 4.68 Å². The highest BCUT2D eigenvalue weighted by Gasteiger charge is 2.32. The standard InChI is InChI=1S/C27H29Cl2N5OS.C19H23ClN6OS.C2H6.O2/c1-4-27(2)13-15-33(16-14-27)26-30-23-21(25(35)32(26)3)24(36-20-12-8-11-19(28)22(20)29)31-34(23)17-18-9-6-5-7-10-18;1-19(11-21)6-8-26(9-7-19)18-22-15-14(17(27)25(18)2)16(24-23-15)28-13-5-3-4-12(20)10-13;2*1-2/h5-12H,4,13-17H2,1-3H3;3-5,10H,6-9,11,21H2,1-2H3,(H,23,24);1-2H3;. The van der Waals surface area contributed by atoms with Crippen LogP contribution >= 0.6 is 58.3 Å². The summed E-state index contributed by atoms with van der Waals surface area (Å²) in [6.07, 6.45) is 5.28. The summed E-state index contributed by atoms with van der Waals surface area (Å²) in [6, 6.07) is 23.0. The second-order valence-corrected chi connectivity index (χ2v) is 20.6. The molecule has 0 radical (unpaired) electrons. The summed E-state index contributed by atoms with van der Waals surface area (Å²) in [7, 11) is 3.56. The van der Waals surface area contributed by atoms with Crippen molar-refractivity contribution in [2.45, 2.75) is 93.1 Å². The minimum Gasteiger partial charge on any atom is -0.342 e. The van der Waals surface area contributed by atoms with E-state index in [1.807, 2.05) is 85.3 Å². The molecule has 0 bridgehead atoms. The number of fused-ring (bicyclic) bond motifs is 2. The van der Waals surface area contributed by atoms with Gasteiger partial charge in [-0.15, -0.1) is 0 Å². The molecule has 3 N–H and O–H groups in total. The number of aromatic nitrogens is 8. The third kappa shape index (κ3) is 11.6. The van der Waals surface area contributed by atoms with Crippen LogP contribution in [0.15, 0.2) is 102 Å². The Morgan fingerprint density at radius 1 is 0.735 bits per heavy atom. The lowest BCUT2D eigenvalue weighted by Gasteiger charge is -2.39. The number of nitrogens with two attached hydrogens (primary N) is 1. The van der Waals surface area contributed by atoms with Crippen molar-refractivity contribution in [3.8, 4) is 0 Å². The highest BCUT2D eigenvalue weighted by molar-refractivity contribution is 7.99. The molecule has 7 aromatic rings.